The van der Waals surface area contributed by atoms with Gasteiger partial charge >= 0.3 is 0 Å². The maximum atomic E-state index is 5.90. The molecule has 0 amide bonds. The molecule has 1 heteroatoms. The summed E-state index contributed by atoms with van der Waals surface area (Å²) >= 11 is 0. The fraction of sp³-hybridized carbons (Fsp3) is 0.294. The van der Waals surface area contributed by atoms with E-state index in [0.29, 0.717) is 6.61 Å². The molecule has 0 atom stereocenters. The van der Waals surface area contributed by atoms with Gasteiger partial charge in [-0.3, -0.25) is 0 Å². The van der Waals surface area contributed by atoms with E-state index in [0.717, 1.165) is 5.75 Å². The number of rotatable bonds is 3. The summed E-state index contributed by atoms with van der Waals surface area (Å²) in [5.41, 5.74) is 6.36. The molecule has 2 rings (SSSR count). The van der Waals surface area contributed by atoms with E-state index in [2.05, 4.69) is 52.0 Å². The summed E-state index contributed by atoms with van der Waals surface area (Å²) < 4.78 is 5.90. The van der Waals surface area contributed by atoms with E-state index in [1.54, 1.807) is 0 Å². The monoisotopic (exact) mass is 240 g/mol. The average molecular weight is 240 g/mol. The molecular formula is C17H20O. The molecule has 18 heavy (non-hydrogen) atoms. The lowest BCUT2D eigenvalue weighted by Gasteiger charge is -2.11. The first-order chi connectivity index (χ1) is 8.58. The van der Waals surface area contributed by atoms with Crippen LogP contribution in [0.2, 0.25) is 0 Å². The minimum absolute atomic E-state index is 0.630. The second-order valence-corrected chi connectivity index (χ2v) is 4.91. The lowest BCUT2D eigenvalue weighted by molar-refractivity contribution is 0.304. The SMILES string of the molecule is Cc1ccc(COc2cccc(C)c2C)cc1C. The van der Waals surface area contributed by atoms with Gasteiger partial charge in [0.15, 0.2) is 0 Å². The van der Waals surface area contributed by atoms with Gasteiger partial charge < -0.3 is 4.74 Å². The van der Waals surface area contributed by atoms with Gasteiger partial charge in [-0.15, -0.1) is 0 Å². The second kappa shape index (κ2) is 5.26. The first-order valence-electron chi connectivity index (χ1n) is 6.33. The second-order valence-electron chi connectivity index (χ2n) is 4.91. The third-order valence-electron chi connectivity index (χ3n) is 3.52. The van der Waals surface area contributed by atoms with Gasteiger partial charge in [0.05, 0.1) is 0 Å². The van der Waals surface area contributed by atoms with E-state index < -0.39 is 0 Å². The standard InChI is InChI=1S/C17H20O/c1-12-8-9-16(10-14(12)3)11-18-17-7-5-6-13(2)15(17)4/h5-10H,11H2,1-4H3. The van der Waals surface area contributed by atoms with E-state index in [-0.39, 0.29) is 0 Å². The van der Waals surface area contributed by atoms with E-state index in [1.807, 2.05) is 12.1 Å². The minimum atomic E-state index is 0.630. The molecule has 0 aliphatic carbocycles. The molecule has 0 aliphatic heterocycles. The molecule has 0 radical (unpaired) electrons. The molecule has 0 N–H and O–H groups in total. The van der Waals surface area contributed by atoms with Crippen molar-refractivity contribution in [2.45, 2.75) is 34.3 Å². The zero-order valence-electron chi connectivity index (χ0n) is 11.6. The van der Waals surface area contributed by atoms with Gasteiger partial charge in [0.2, 0.25) is 0 Å². The Labute approximate surface area is 109 Å². The Bertz CT molecular complexity index is 556. The molecule has 0 saturated carbocycles. The van der Waals surface area contributed by atoms with Gasteiger partial charge in [-0.25, -0.2) is 0 Å². The van der Waals surface area contributed by atoms with Gasteiger partial charge in [-0.2, -0.15) is 0 Å². The Morgan fingerprint density at radius 1 is 0.833 bits per heavy atom. The number of aryl methyl sites for hydroxylation is 3. The normalized spacial score (nSPS) is 10.4. The molecule has 0 unspecified atom stereocenters. The largest absolute Gasteiger partial charge is 0.489 e. The third kappa shape index (κ3) is 2.73. The highest BCUT2D eigenvalue weighted by atomic mass is 16.5. The quantitative estimate of drug-likeness (QED) is 0.767. The van der Waals surface area contributed by atoms with Crippen molar-refractivity contribution < 1.29 is 4.74 Å². The van der Waals surface area contributed by atoms with Crippen molar-refractivity contribution in [2.24, 2.45) is 0 Å². The van der Waals surface area contributed by atoms with Crippen LogP contribution < -0.4 is 4.74 Å². The predicted octanol–water partition coefficient (Wildman–Crippen LogP) is 4.50. The number of ether oxygens (including phenoxy) is 1. The highest BCUT2D eigenvalue weighted by molar-refractivity contribution is 5.38. The summed E-state index contributed by atoms with van der Waals surface area (Å²) in [6.45, 7) is 9.11. The lowest BCUT2D eigenvalue weighted by Crippen LogP contribution is -1.98. The van der Waals surface area contributed by atoms with Crippen LogP contribution in [0.3, 0.4) is 0 Å². The van der Waals surface area contributed by atoms with Crippen LogP contribution >= 0.6 is 0 Å². The van der Waals surface area contributed by atoms with Crippen LogP contribution in [0.4, 0.5) is 0 Å². The highest BCUT2D eigenvalue weighted by Crippen LogP contribution is 2.22. The van der Waals surface area contributed by atoms with Gasteiger partial charge in [-0.1, -0.05) is 30.3 Å². The Morgan fingerprint density at radius 2 is 1.61 bits per heavy atom. The smallest absolute Gasteiger partial charge is 0.122 e. The molecule has 1 nitrogen and oxygen atoms in total. The summed E-state index contributed by atoms with van der Waals surface area (Å²) in [5, 5.41) is 0. The first kappa shape index (κ1) is 12.7. The van der Waals surface area contributed by atoms with Crippen molar-refractivity contribution in [1.82, 2.24) is 0 Å². The Balaban J connectivity index is 2.11. The maximum Gasteiger partial charge on any atom is 0.122 e. The number of hydrogen-bond donors (Lipinski definition) is 0. The van der Waals surface area contributed by atoms with Crippen molar-refractivity contribution in [3.63, 3.8) is 0 Å². The molecule has 0 fully saturated rings. The zero-order valence-corrected chi connectivity index (χ0v) is 11.6. The maximum absolute atomic E-state index is 5.90. The van der Waals surface area contributed by atoms with Crippen molar-refractivity contribution in [3.8, 4) is 5.75 Å². The summed E-state index contributed by atoms with van der Waals surface area (Å²) in [6, 6.07) is 12.7. The molecule has 0 aromatic heterocycles. The molecule has 2 aromatic rings. The molecular weight excluding hydrogens is 220 g/mol. The fourth-order valence-corrected chi connectivity index (χ4v) is 1.93. The predicted molar refractivity (Wildman–Crippen MR) is 76.2 cm³/mol. The Hall–Kier alpha value is -1.76. The van der Waals surface area contributed by atoms with Gasteiger partial charge in [0.1, 0.15) is 12.4 Å². The van der Waals surface area contributed by atoms with Crippen molar-refractivity contribution in [2.75, 3.05) is 0 Å². The average Bonchev–Trinajstić information content (AvgIpc) is 2.35. The minimum Gasteiger partial charge on any atom is -0.489 e. The first-order valence-corrected chi connectivity index (χ1v) is 6.33. The molecule has 0 aliphatic rings. The summed E-state index contributed by atoms with van der Waals surface area (Å²) in [7, 11) is 0. The van der Waals surface area contributed by atoms with Crippen LogP contribution in [0.5, 0.6) is 5.75 Å². The van der Waals surface area contributed by atoms with Gasteiger partial charge in [-0.05, 0) is 61.6 Å². The molecule has 0 bridgehead atoms. The zero-order chi connectivity index (χ0) is 13.1. The highest BCUT2D eigenvalue weighted by Gasteiger charge is 2.02. The van der Waals surface area contributed by atoms with E-state index >= 15 is 0 Å². The topological polar surface area (TPSA) is 9.23 Å². The lowest BCUT2D eigenvalue weighted by atomic mass is 10.1. The van der Waals surface area contributed by atoms with Crippen LogP contribution in [-0.4, -0.2) is 0 Å². The molecule has 0 spiro atoms. The third-order valence-corrected chi connectivity index (χ3v) is 3.52. The van der Waals surface area contributed by atoms with Crippen molar-refractivity contribution in [1.29, 1.82) is 0 Å². The summed E-state index contributed by atoms with van der Waals surface area (Å²) in [4.78, 5) is 0. The Kier molecular flexibility index (Phi) is 3.71. The van der Waals surface area contributed by atoms with Crippen LogP contribution in [-0.2, 0) is 6.61 Å². The molecule has 0 saturated heterocycles. The van der Waals surface area contributed by atoms with E-state index in [1.165, 1.54) is 27.8 Å². The van der Waals surface area contributed by atoms with Gasteiger partial charge in [0.25, 0.3) is 0 Å². The van der Waals surface area contributed by atoms with Gasteiger partial charge in [0, 0.05) is 0 Å². The van der Waals surface area contributed by atoms with Crippen molar-refractivity contribution in [3.05, 3.63) is 64.2 Å². The molecule has 2 aromatic carbocycles. The van der Waals surface area contributed by atoms with E-state index in [4.69, 9.17) is 4.74 Å². The Morgan fingerprint density at radius 3 is 2.33 bits per heavy atom. The number of benzene rings is 2. The fourth-order valence-electron chi connectivity index (χ4n) is 1.93. The van der Waals surface area contributed by atoms with Crippen LogP contribution in [0.25, 0.3) is 0 Å². The van der Waals surface area contributed by atoms with Crippen LogP contribution in [0, 0.1) is 27.7 Å². The van der Waals surface area contributed by atoms with Crippen LogP contribution in [0.1, 0.15) is 27.8 Å². The molecule has 0 heterocycles. The number of hydrogen-bond acceptors (Lipinski definition) is 1. The van der Waals surface area contributed by atoms with Crippen molar-refractivity contribution >= 4 is 0 Å². The molecule has 94 valence electrons. The summed E-state index contributed by atoms with van der Waals surface area (Å²) in [6.07, 6.45) is 0. The summed E-state index contributed by atoms with van der Waals surface area (Å²) in [5.74, 6) is 0.980. The van der Waals surface area contributed by atoms with Crippen LogP contribution in [0.15, 0.2) is 36.4 Å². The van der Waals surface area contributed by atoms with E-state index in [9.17, 15) is 0 Å².